The topological polar surface area (TPSA) is 95.7 Å². The first-order chi connectivity index (χ1) is 12.6. The Balaban J connectivity index is 1.64. The molecule has 7 heteroatoms. The van der Waals surface area contributed by atoms with E-state index in [-0.39, 0.29) is 0 Å². The zero-order valence-corrected chi connectivity index (χ0v) is 14.8. The quantitative estimate of drug-likeness (QED) is 0.595. The van der Waals surface area contributed by atoms with Crippen molar-refractivity contribution in [3.8, 4) is 22.8 Å². The summed E-state index contributed by atoms with van der Waals surface area (Å²) in [5.74, 6) is 1.48. The van der Waals surface area contributed by atoms with E-state index in [1.807, 2.05) is 41.2 Å². The van der Waals surface area contributed by atoms with E-state index >= 15 is 0 Å². The molecule has 0 aliphatic heterocycles. The largest absolute Gasteiger partial charge is 0.334 e. The lowest BCUT2D eigenvalue weighted by atomic mass is 10.1. The predicted octanol–water partition coefficient (Wildman–Crippen LogP) is 3.26. The van der Waals surface area contributed by atoms with Gasteiger partial charge in [0.1, 0.15) is 0 Å². The average Bonchev–Trinajstić information content (AvgIpc) is 3.29. The minimum Gasteiger partial charge on any atom is -0.334 e. The van der Waals surface area contributed by atoms with Crippen LogP contribution in [0.15, 0.2) is 47.2 Å². The first-order valence-corrected chi connectivity index (χ1v) is 8.59. The third-order valence-corrected chi connectivity index (χ3v) is 4.13. The van der Waals surface area contributed by atoms with Gasteiger partial charge in [0, 0.05) is 30.2 Å². The zero-order valence-electron chi connectivity index (χ0n) is 14.8. The van der Waals surface area contributed by atoms with Gasteiger partial charge in [-0.25, -0.2) is 9.67 Å². The summed E-state index contributed by atoms with van der Waals surface area (Å²) in [6.45, 7) is 5.65. The van der Waals surface area contributed by atoms with Gasteiger partial charge in [-0.1, -0.05) is 43.3 Å². The Kier molecular flexibility index (Phi) is 4.22. The molecule has 0 atom stereocenters. The Morgan fingerprint density at radius 3 is 2.65 bits per heavy atom. The highest BCUT2D eigenvalue weighted by Crippen LogP contribution is 2.24. The number of rotatable bonds is 5. The van der Waals surface area contributed by atoms with Crippen molar-refractivity contribution in [1.82, 2.24) is 24.9 Å². The van der Waals surface area contributed by atoms with Crippen molar-refractivity contribution in [1.29, 1.82) is 0 Å². The van der Waals surface area contributed by atoms with Crippen molar-refractivity contribution in [3.05, 3.63) is 48.3 Å². The Hall–Kier alpha value is -3.06. The summed E-state index contributed by atoms with van der Waals surface area (Å²) in [5, 5.41) is 9.45. The number of nitrogens with zero attached hydrogens (tertiary/aromatic N) is 5. The number of nitrogens with two attached hydrogens (primary N) is 1. The standard InChI is InChI=1S/C19H20N6O/c1-12(2)11-25-18-15(10-22-25)7-16(9-21-18)19-23-17(24-26-19)14-5-3-13(8-20)4-6-14/h3-7,9-10,12H,8,11,20H2,1-2H3. The van der Waals surface area contributed by atoms with E-state index in [0.717, 1.165) is 34.3 Å². The molecule has 0 aliphatic rings. The molecule has 0 spiro atoms. The fourth-order valence-electron chi connectivity index (χ4n) is 2.82. The molecule has 2 N–H and O–H groups in total. The summed E-state index contributed by atoms with van der Waals surface area (Å²) in [6, 6.07) is 9.77. The Morgan fingerprint density at radius 2 is 1.92 bits per heavy atom. The van der Waals surface area contributed by atoms with Crippen LogP contribution in [0.5, 0.6) is 0 Å². The molecule has 0 bridgehead atoms. The number of pyridine rings is 1. The van der Waals surface area contributed by atoms with Crippen molar-refractivity contribution in [2.45, 2.75) is 26.9 Å². The van der Waals surface area contributed by atoms with Crippen LogP contribution in [0.25, 0.3) is 33.9 Å². The smallest absolute Gasteiger partial charge is 0.259 e. The summed E-state index contributed by atoms with van der Waals surface area (Å²) in [7, 11) is 0. The molecule has 132 valence electrons. The van der Waals surface area contributed by atoms with Gasteiger partial charge in [0.2, 0.25) is 5.82 Å². The minimum absolute atomic E-state index is 0.439. The number of hydrogen-bond donors (Lipinski definition) is 1. The van der Waals surface area contributed by atoms with Crippen LogP contribution >= 0.6 is 0 Å². The highest BCUT2D eigenvalue weighted by Gasteiger charge is 2.13. The summed E-state index contributed by atoms with van der Waals surface area (Å²) in [6.07, 6.45) is 3.56. The van der Waals surface area contributed by atoms with Gasteiger partial charge in [-0.3, -0.25) is 0 Å². The molecule has 3 aromatic heterocycles. The van der Waals surface area contributed by atoms with E-state index in [1.54, 1.807) is 6.20 Å². The molecular formula is C19H20N6O. The lowest BCUT2D eigenvalue weighted by molar-refractivity contribution is 0.432. The van der Waals surface area contributed by atoms with Crippen molar-refractivity contribution >= 4 is 11.0 Å². The van der Waals surface area contributed by atoms with E-state index < -0.39 is 0 Å². The highest BCUT2D eigenvalue weighted by atomic mass is 16.5. The van der Waals surface area contributed by atoms with Crippen molar-refractivity contribution in [2.24, 2.45) is 11.7 Å². The lowest BCUT2D eigenvalue weighted by Crippen LogP contribution is -2.06. The first kappa shape index (κ1) is 16.4. The molecule has 26 heavy (non-hydrogen) atoms. The van der Waals surface area contributed by atoms with Gasteiger partial charge >= 0.3 is 0 Å². The molecule has 4 rings (SSSR count). The van der Waals surface area contributed by atoms with Gasteiger partial charge in [-0.15, -0.1) is 0 Å². The number of fused-ring (bicyclic) bond motifs is 1. The minimum atomic E-state index is 0.439. The van der Waals surface area contributed by atoms with Gasteiger partial charge in [0.15, 0.2) is 5.65 Å². The molecule has 0 saturated carbocycles. The van der Waals surface area contributed by atoms with Gasteiger partial charge in [0.25, 0.3) is 5.89 Å². The van der Waals surface area contributed by atoms with E-state index in [0.29, 0.717) is 24.2 Å². The summed E-state index contributed by atoms with van der Waals surface area (Å²) >= 11 is 0. The van der Waals surface area contributed by atoms with Crippen LogP contribution in [0.4, 0.5) is 0 Å². The second-order valence-corrected chi connectivity index (χ2v) is 6.68. The monoisotopic (exact) mass is 348 g/mol. The third-order valence-electron chi connectivity index (χ3n) is 4.13. The van der Waals surface area contributed by atoms with Crippen LogP contribution in [0.2, 0.25) is 0 Å². The molecule has 3 heterocycles. The second-order valence-electron chi connectivity index (χ2n) is 6.68. The first-order valence-electron chi connectivity index (χ1n) is 8.59. The van der Waals surface area contributed by atoms with Crippen LogP contribution in [-0.2, 0) is 13.1 Å². The number of hydrogen-bond acceptors (Lipinski definition) is 6. The normalized spacial score (nSPS) is 11.5. The fraction of sp³-hybridized carbons (Fsp3) is 0.263. The van der Waals surface area contributed by atoms with Crippen LogP contribution in [0.3, 0.4) is 0 Å². The molecule has 0 radical (unpaired) electrons. The molecule has 0 amide bonds. The molecule has 4 aromatic rings. The van der Waals surface area contributed by atoms with E-state index in [1.165, 1.54) is 0 Å². The summed E-state index contributed by atoms with van der Waals surface area (Å²) < 4.78 is 7.35. The maximum Gasteiger partial charge on any atom is 0.259 e. The van der Waals surface area contributed by atoms with E-state index in [4.69, 9.17) is 10.3 Å². The average molecular weight is 348 g/mol. The van der Waals surface area contributed by atoms with Gasteiger partial charge in [-0.2, -0.15) is 10.1 Å². The maximum atomic E-state index is 5.63. The van der Waals surface area contributed by atoms with Crippen LogP contribution in [0.1, 0.15) is 19.4 Å². The van der Waals surface area contributed by atoms with E-state index in [9.17, 15) is 0 Å². The van der Waals surface area contributed by atoms with E-state index in [2.05, 4.69) is 34.1 Å². The summed E-state index contributed by atoms with van der Waals surface area (Å²) in [4.78, 5) is 9.03. The Labute approximate surface area is 150 Å². The molecule has 0 fully saturated rings. The third kappa shape index (κ3) is 3.09. The second kappa shape index (κ2) is 6.68. The van der Waals surface area contributed by atoms with Crippen LogP contribution in [-0.4, -0.2) is 24.9 Å². The van der Waals surface area contributed by atoms with Crippen LogP contribution in [0, 0.1) is 5.92 Å². The van der Waals surface area contributed by atoms with Gasteiger partial charge in [0.05, 0.1) is 11.8 Å². The number of aromatic nitrogens is 5. The molecule has 1 aromatic carbocycles. The van der Waals surface area contributed by atoms with Crippen molar-refractivity contribution in [2.75, 3.05) is 0 Å². The highest BCUT2D eigenvalue weighted by molar-refractivity contribution is 5.79. The van der Waals surface area contributed by atoms with Gasteiger partial charge in [-0.05, 0) is 17.5 Å². The van der Waals surface area contributed by atoms with Crippen LogP contribution < -0.4 is 5.73 Å². The Morgan fingerprint density at radius 1 is 1.12 bits per heavy atom. The molecule has 7 nitrogen and oxygen atoms in total. The lowest BCUT2D eigenvalue weighted by Gasteiger charge is -2.05. The molecular weight excluding hydrogens is 328 g/mol. The summed E-state index contributed by atoms with van der Waals surface area (Å²) in [5.41, 5.74) is 9.21. The Bertz CT molecular complexity index is 1030. The van der Waals surface area contributed by atoms with Crippen molar-refractivity contribution < 1.29 is 4.52 Å². The number of benzene rings is 1. The van der Waals surface area contributed by atoms with Crippen molar-refractivity contribution in [3.63, 3.8) is 0 Å². The SMILES string of the molecule is CC(C)Cn1ncc2cc(-c3nc(-c4ccc(CN)cc4)no3)cnc21. The maximum absolute atomic E-state index is 5.63. The zero-order chi connectivity index (χ0) is 18.1. The molecule has 0 saturated heterocycles. The fourth-order valence-corrected chi connectivity index (χ4v) is 2.82. The molecule has 0 unspecified atom stereocenters. The predicted molar refractivity (Wildman–Crippen MR) is 99.0 cm³/mol. The molecule has 0 aliphatic carbocycles. The van der Waals surface area contributed by atoms with Gasteiger partial charge < -0.3 is 10.3 Å².